The van der Waals surface area contributed by atoms with Gasteiger partial charge in [0.05, 0.1) is 18.1 Å². The highest BCUT2D eigenvalue weighted by Crippen LogP contribution is 2.10. The van der Waals surface area contributed by atoms with Gasteiger partial charge in [-0.2, -0.15) is 5.26 Å². The summed E-state index contributed by atoms with van der Waals surface area (Å²) in [6, 6.07) is 11.6. The number of nitriles is 1. The van der Waals surface area contributed by atoms with Crippen LogP contribution in [0.1, 0.15) is 16.7 Å². The first-order valence-corrected chi connectivity index (χ1v) is 6.28. The molecule has 106 valence electrons. The van der Waals surface area contributed by atoms with Crippen molar-refractivity contribution in [2.45, 2.75) is 13.0 Å². The van der Waals surface area contributed by atoms with Crippen LogP contribution in [0.2, 0.25) is 0 Å². The Labute approximate surface area is 120 Å². The van der Waals surface area contributed by atoms with Crippen molar-refractivity contribution < 1.29 is 13.6 Å². The Balaban J connectivity index is 1.94. The van der Waals surface area contributed by atoms with Crippen LogP contribution in [0.5, 0.6) is 0 Å². The highest BCUT2D eigenvalue weighted by molar-refractivity contribution is 5.78. The molecule has 0 aromatic heterocycles. The lowest BCUT2D eigenvalue weighted by Gasteiger charge is -2.07. The fourth-order valence-electron chi connectivity index (χ4n) is 1.85. The molecule has 0 heterocycles. The van der Waals surface area contributed by atoms with E-state index < -0.39 is 11.6 Å². The molecule has 0 aliphatic heterocycles. The van der Waals surface area contributed by atoms with Gasteiger partial charge in [0, 0.05) is 12.1 Å². The number of benzene rings is 2. The molecule has 2 aromatic rings. The Morgan fingerprint density at radius 3 is 2.67 bits per heavy atom. The summed E-state index contributed by atoms with van der Waals surface area (Å²) in [5.41, 5.74) is 1.07. The van der Waals surface area contributed by atoms with Crippen LogP contribution in [0.25, 0.3) is 0 Å². The van der Waals surface area contributed by atoms with E-state index in [1.807, 2.05) is 6.07 Å². The molecule has 0 aliphatic rings. The lowest BCUT2D eigenvalue weighted by atomic mass is 10.1. The minimum Gasteiger partial charge on any atom is -0.352 e. The number of amides is 1. The minimum atomic E-state index is -0.542. The average Bonchev–Trinajstić information content (AvgIpc) is 2.46. The zero-order valence-corrected chi connectivity index (χ0v) is 11.1. The number of halogens is 2. The van der Waals surface area contributed by atoms with E-state index in [1.165, 1.54) is 30.3 Å². The third-order valence-electron chi connectivity index (χ3n) is 2.91. The third kappa shape index (κ3) is 4.11. The summed E-state index contributed by atoms with van der Waals surface area (Å²) < 4.78 is 26.6. The molecule has 0 bridgehead atoms. The number of carbonyl (C=O) groups is 1. The van der Waals surface area contributed by atoms with Crippen molar-refractivity contribution in [2.75, 3.05) is 0 Å². The Morgan fingerprint density at radius 2 is 2.00 bits per heavy atom. The third-order valence-corrected chi connectivity index (χ3v) is 2.91. The van der Waals surface area contributed by atoms with E-state index in [2.05, 4.69) is 5.32 Å². The average molecular weight is 286 g/mol. The van der Waals surface area contributed by atoms with Crippen LogP contribution in [-0.2, 0) is 17.8 Å². The van der Waals surface area contributed by atoms with Gasteiger partial charge in [-0.25, -0.2) is 8.78 Å². The number of nitrogens with one attached hydrogen (secondary N) is 1. The van der Waals surface area contributed by atoms with Crippen LogP contribution in [0, 0.1) is 23.0 Å². The smallest absolute Gasteiger partial charge is 0.224 e. The summed E-state index contributed by atoms with van der Waals surface area (Å²) in [6.45, 7) is 0.0195. The first kappa shape index (κ1) is 14.7. The van der Waals surface area contributed by atoms with Crippen LogP contribution in [0.15, 0.2) is 42.5 Å². The maximum atomic E-state index is 13.6. The summed E-state index contributed by atoms with van der Waals surface area (Å²) in [7, 11) is 0. The summed E-state index contributed by atoms with van der Waals surface area (Å²) in [5.74, 6) is -1.28. The SMILES string of the molecule is N#Cc1ccc(CNC(=O)Cc2cccc(F)c2)c(F)c1. The van der Waals surface area contributed by atoms with Gasteiger partial charge in [-0.3, -0.25) is 4.79 Å². The largest absolute Gasteiger partial charge is 0.352 e. The molecule has 0 atom stereocenters. The normalized spacial score (nSPS) is 9.95. The second-order valence-corrected chi connectivity index (χ2v) is 4.50. The number of hydrogen-bond acceptors (Lipinski definition) is 2. The summed E-state index contributed by atoms with van der Waals surface area (Å²) >= 11 is 0. The highest BCUT2D eigenvalue weighted by Gasteiger charge is 2.07. The molecule has 0 radical (unpaired) electrons. The van der Waals surface area contributed by atoms with Gasteiger partial charge < -0.3 is 5.32 Å². The highest BCUT2D eigenvalue weighted by atomic mass is 19.1. The molecule has 3 nitrogen and oxygen atoms in total. The fourth-order valence-corrected chi connectivity index (χ4v) is 1.85. The Morgan fingerprint density at radius 1 is 1.19 bits per heavy atom. The van der Waals surface area contributed by atoms with E-state index >= 15 is 0 Å². The molecule has 0 aliphatic carbocycles. The predicted octanol–water partition coefficient (Wildman–Crippen LogP) is 2.70. The Hall–Kier alpha value is -2.74. The van der Waals surface area contributed by atoms with Gasteiger partial charge >= 0.3 is 0 Å². The number of carbonyl (C=O) groups excluding carboxylic acids is 1. The van der Waals surface area contributed by atoms with E-state index in [0.29, 0.717) is 11.1 Å². The quantitative estimate of drug-likeness (QED) is 0.939. The van der Waals surface area contributed by atoms with Gasteiger partial charge in [0.2, 0.25) is 5.91 Å². The van der Waals surface area contributed by atoms with Gasteiger partial charge in [0.15, 0.2) is 0 Å². The topological polar surface area (TPSA) is 52.9 Å². The molecule has 5 heteroatoms. The van der Waals surface area contributed by atoms with Gasteiger partial charge in [0.1, 0.15) is 11.6 Å². The van der Waals surface area contributed by atoms with Crippen molar-refractivity contribution in [3.63, 3.8) is 0 Å². The van der Waals surface area contributed by atoms with Gasteiger partial charge in [-0.1, -0.05) is 18.2 Å². The molecular weight excluding hydrogens is 274 g/mol. The van der Waals surface area contributed by atoms with Crippen LogP contribution in [0.3, 0.4) is 0 Å². The molecular formula is C16H12F2N2O. The van der Waals surface area contributed by atoms with E-state index in [4.69, 9.17) is 5.26 Å². The summed E-state index contributed by atoms with van der Waals surface area (Å²) in [5, 5.41) is 11.2. The molecule has 2 rings (SSSR count). The van der Waals surface area contributed by atoms with Crippen molar-refractivity contribution >= 4 is 5.91 Å². The second-order valence-electron chi connectivity index (χ2n) is 4.50. The van der Waals surface area contributed by atoms with Crippen molar-refractivity contribution in [2.24, 2.45) is 0 Å². The molecule has 0 spiro atoms. The first-order chi connectivity index (χ1) is 10.1. The molecule has 0 fully saturated rings. The van der Waals surface area contributed by atoms with Crippen molar-refractivity contribution in [1.82, 2.24) is 5.32 Å². The van der Waals surface area contributed by atoms with Crippen LogP contribution >= 0.6 is 0 Å². The lowest BCUT2D eigenvalue weighted by Crippen LogP contribution is -2.25. The van der Waals surface area contributed by atoms with Gasteiger partial charge in [0.25, 0.3) is 0 Å². The molecule has 21 heavy (non-hydrogen) atoms. The molecule has 0 saturated carbocycles. The lowest BCUT2D eigenvalue weighted by molar-refractivity contribution is -0.120. The van der Waals surface area contributed by atoms with Crippen molar-refractivity contribution in [3.8, 4) is 6.07 Å². The number of hydrogen-bond donors (Lipinski definition) is 1. The van der Waals surface area contributed by atoms with Crippen LogP contribution in [-0.4, -0.2) is 5.91 Å². The number of nitrogens with zero attached hydrogens (tertiary/aromatic N) is 1. The van der Waals surface area contributed by atoms with E-state index in [-0.39, 0.29) is 24.4 Å². The molecule has 0 saturated heterocycles. The fraction of sp³-hybridized carbons (Fsp3) is 0.125. The van der Waals surface area contributed by atoms with Crippen molar-refractivity contribution in [1.29, 1.82) is 5.26 Å². The standard InChI is InChI=1S/C16H12F2N2O/c17-14-3-1-2-11(6-14)8-16(21)20-10-13-5-4-12(9-19)7-15(13)18/h1-7H,8,10H2,(H,20,21). The predicted molar refractivity (Wildman–Crippen MR) is 73.1 cm³/mol. The van der Waals surface area contributed by atoms with Crippen LogP contribution in [0.4, 0.5) is 8.78 Å². The summed E-state index contributed by atoms with van der Waals surface area (Å²) in [6.07, 6.45) is 0.0235. The summed E-state index contributed by atoms with van der Waals surface area (Å²) in [4.78, 5) is 11.7. The minimum absolute atomic E-state index is 0.0195. The first-order valence-electron chi connectivity index (χ1n) is 6.28. The monoisotopic (exact) mass is 286 g/mol. The van der Waals surface area contributed by atoms with E-state index in [9.17, 15) is 13.6 Å². The van der Waals surface area contributed by atoms with Crippen molar-refractivity contribution in [3.05, 3.63) is 70.8 Å². The molecule has 1 N–H and O–H groups in total. The van der Waals surface area contributed by atoms with E-state index in [0.717, 1.165) is 6.07 Å². The zero-order chi connectivity index (χ0) is 15.2. The number of rotatable bonds is 4. The zero-order valence-electron chi connectivity index (χ0n) is 11.1. The van der Waals surface area contributed by atoms with Gasteiger partial charge in [-0.15, -0.1) is 0 Å². The second kappa shape index (κ2) is 6.62. The Kier molecular flexibility index (Phi) is 4.62. The Bertz CT molecular complexity index is 708. The molecule has 1 amide bonds. The molecule has 0 unspecified atom stereocenters. The van der Waals surface area contributed by atoms with Crippen LogP contribution < -0.4 is 5.32 Å². The van der Waals surface area contributed by atoms with E-state index in [1.54, 1.807) is 6.07 Å². The maximum absolute atomic E-state index is 13.6. The van der Waals surface area contributed by atoms with Gasteiger partial charge in [-0.05, 0) is 29.8 Å². The maximum Gasteiger partial charge on any atom is 0.224 e. The molecule has 2 aromatic carbocycles.